The van der Waals surface area contributed by atoms with Crippen molar-refractivity contribution in [1.82, 2.24) is 23.8 Å². The van der Waals surface area contributed by atoms with Crippen molar-refractivity contribution < 1.29 is 10.2 Å². The number of aryl methyl sites for hydroxylation is 1. The smallest absolute Gasteiger partial charge is 0.329 e. The van der Waals surface area contributed by atoms with Crippen molar-refractivity contribution in [2.45, 2.75) is 6.54 Å². The van der Waals surface area contributed by atoms with Gasteiger partial charge in [0.05, 0.1) is 13.2 Å². The van der Waals surface area contributed by atoms with Crippen LogP contribution < -0.4 is 11.2 Å². The van der Waals surface area contributed by atoms with Crippen LogP contribution in [-0.2, 0) is 13.6 Å². The summed E-state index contributed by atoms with van der Waals surface area (Å²) < 4.78 is 3.03. The van der Waals surface area contributed by atoms with Crippen molar-refractivity contribution in [3.63, 3.8) is 0 Å². The molecule has 9 nitrogen and oxygen atoms in total. The molecule has 0 radical (unpaired) electrons. The van der Waals surface area contributed by atoms with Gasteiger partial charge in [0.25, 0.3) is 5.56 Å². The molecule has 0 aliphatic rings. The highest BCUT2D eigenvalue weighted by atomic mass is 32.1. The van der Waals surface area contributed by atoms with E-state index in [-0.39, 0.29) is 13.2 Å². The summed E-state index contributed by atoms with van der Waals surface area (Å²) >= 11 is 1.37. The van der Waals surface area contributed by atoms with E-state index in [1.54, 1.807) is 11.4 Å². The van der Waals surface area contributed by atoms with E-state index in [1.165, 1.54) is 15.9 Å². The third kappa shape index (κ3) is 2.70. The van der Waals surface area contributed by atoms with Crippen LogP contribution in [0.2, 0.25) is 0 Å². The van der Waals surface area contributed by atoms with Gasteiger partial charge in [0.2, 0.25) is 0 Å². The molecule has 23 heavy (non-hydrogen) atoms. The Kier molecular flexibility index (Phi) is 4.31. The average molecular weight is 339 g/mol. The van der Waals surface area contributed by atoms with E-state index >= 15 is 0 Å². The Labute approximate surface area is 134 Å². The summed E-state index contributed by atoms with van der Waals surface area (Å²) in [6.45, 7) is 1.24. The minimum atomic E-state index is -0.503. The Morgan fingerprint density at radius 3 is 2.65 bits per heavy atom. The molecule has 3 aromatic rings. The fourth-order valence-corrected chi connectivity index (χ4v) is 3.45. The summed E-state index contributed by atoms with van der Waals surface area (Å²) in [5.41, 5.74) is 0.496. The van der Waals surface area contributed by atoms with Gasteiger partial charge in [0.1, 0.15) is 0 Å². The van der Waals surface area contributed by atoms with Gasteiger partial charge >= 0.3 is 5.69 Å². The SMILES string of the molecule is Cn1c(=O)[nH]c(=O)c2c1nc1scc(CN(CCO)CCO)n12. The first-order valence-corrected chi connectivity index (χ1v) is 7.96. The number of fused-ring (bicyclic) bond motifs is 3. The number of rotatable bonds is 6. The number of hydrogen-bond donors (Lipinski definition) is 3. The van der Waals surface area contributed by atoms with E-state index in [0.29, 0.717) is 35.8 Å². The molecule has 0 fully saturated rings. The van der Waals surface area contributed by atoms with Crippen molar-refractivity contribution >= 4 is 27.5 Å². The summed E-state index contributed by atoms with van der Waals surface area (Å²) in [6.07, 6.45) is 0. The number of hydrogen-bond acceptors (Lipinski definition) is 7. The molecule has 0 saturated heterocycles. The van der Waals surface area contributed by atoms with Gasteiger partial charge in [-0.1, -0.05) is 0 Å². The zero-order valence-electron chi connectivity index (χ0n) is 12.5. The van der Waals surface area contributed by atoms with Crippen LogP contribution in [0.25, 0.3) is 16.1 Å². The molecule has 124 valence electrons. The maximum Gasteiger partial charge on any atom is 0.329 e. The molecule has 3 heterocycles. The van der Waals surface area contributed by atoms with E-state index < -0.39 is 11.2 Å². The van der Waals surface area contributed by atoms with Gasteiger partial charge < -0.3 is 10.2 Å². The molecule has 0 aromatic carbocycles. The second kappa shape index (κ2) is 6.24. The van der Waals surface area contributed by atoms with E-state index in [0.717, 1.165) is 5.69 Å². The van der Waals surface area contributed by atoms with Crippen molar-refractivity contribution in [2.75, 3.05) is 26.3 Å². The lowest BCUT2D eigenvalue weighted by Crippen LogP contribution is -2.31. The van der Waals surface area contributed by atoms with Crippen LogP contribution in [0.3, 0.4) is 0 Å². The highest BCUT2D eigenvalue weighted by Crippen LogP contribution is 2.21. The van der Waals surface area contributed by atoms with Crippen LogP contribution in [0.4, 0.5) is 0 Å². The second-order valence-electron chi connectivity index (χ2n) is 5.17. The Bertz CT molecular complexity index is 947. The number of aliphatic hydroxyl groups is 2. The maximum atomic E-state index is 12.2. The molecule has 0 amide bonds. The molecule has 0 saturated carbocycles. The van der Waals surface area contributed by atoms with Crippen molar-refractivity contribution in [2.24, 2.45) is 7.05 Å². The lowest BCUT2D eigenvalue weighted by Gasteiger charge is -2.19. The first kappa shape index (κ1) is 15.9. The van der Waals surface area contributed by atoms with Crippen molar-refractivity contribution in [1.29, 1.82) is 0 Å². The third-order valence-electron chi connectivity index (χ3n) is 3.69. The van der Waals surface area contributed by atoms with Gasteiger partial charge in [-0.15, -0.1) is 11.3 Å². The van der Waals surface area contributed by atoms with Crippen molar-refractivity contribution in [3.8, 4) is 0 Å². The van der Waals surface area contributed by atoms with E-state index in [2.05, 4.69) is 9.97 Å². The number of nitrogens with one attached hydrogen (secondary N) is 1. The van der Waals surface area contributed by atoms with Crippen LogP contribution >= 0.6 is 11.3 Å². The standard InChI is InChI=1S/C13H17N5O4S/c1-16-10-9(11(21)15-12(16)22)18-8(7-23-13(18)14-10)6-17(2-4-19)3-5-20/h7,19-20H,2-6H2,1H3,(H,15,21,22). The van der Waals surface area contributed by atoms with E-state index in [4.69, 9.17) is 10.2 Å². The molecule has 0 aliphatic carbocycles. The predicted octanol–water partition coefficient (Wildman–Crippen LogP) is -1.28. The quantitative estimate of drug-likeness (QED) is 0.515. The summed E-state index contributed by atoms with van der Waals surface area (Å²) in [5, 5.41) is 20.1. The Hall–Kier alpha value is -2.01. The van der Waals surface area contributed by atoms with Crippen LogP contribution in [0.1, 0.15) is 5.69 Å². The number of thiazole rings is 1. The molecule has 10 heteroatoms. The van der Waals surface area contributed by atoms with Crippen LogP contribution in [0.5, 0.6) is 0 Å². The first-order chi connectivity index (χ1) is 11.1. The average Bonchev–Trinajstić information content (AvgIpc) is 3.06. The monoisotopic (exact) mass is 339 g/mol. The molecule has 0 atom stereocenters. The molecule has 0 spiro atoms. The number of aromatic nitrogens is 4. The minimum absolute atomic E-state index is 0.0208. The third-order valence-corrected chi connectivity index (χ3v) is 4.57. The van der Waals surface area contributed by atoms with Gasteiger partial charge in [-0.25, -0.2) is 9.78 Å². The molecule has 3 aromatic heterocycles. The fraction of sp³-hybridized carbons (Fsp3) is 0.462. The Morgan fingerprint density at radius 2 is 2.00 bits per heavy atom. The summed E-state index contributed by atoms with van der Waals surface area (Å²) in [7, 11) is 1.56. The first-order valence-electron chi connectivity index (χ1n) is 7.08. The van der Waals surface area contributed by atoms with Crippen LogP contribution in [0.15, 0.2) is 15.0 Å². The molecular formula is C13H17N5O4S. The fourth-order valence-electron chi connectivity index (χ4n) is 2.57. The van der Waals surface area contributed by atoms with Crippen molar-refractivity contribution in [3.05, 3.63) is 31.9 Å². The normalized spacial score (nSPS) is 12.0. The zero-order valence-corrected chi connectivity index (χ0v) is 13.3. The second-order valence-corrected chi connectivity index (χ2v) is 6.01. The van der Waals surface area contributed by atoms with Gasteiger partial charge in [-0.3, -0.25) is 23.6 Å². The highest BCUT2D eigenvalue weighted by Gasteiger charge is 2.18. The topological polar surface area (TPSA) is 116 Å². The number of nitrogens with zero attached hydrogens (tertiary/aromatic N) is 4. The van der Waals surface area contributed by atoms with Gasteiger partial charge in [0, 0.05) is 37.8 Å². The number of aromatic amines is 1. The number of aliphatic hydroxyl groups excluding tert-OH is 2. The predicted molar refractivity (Wildman–Crippen MR) is 85.9 cm³/mol. The van der Waals surface area contributed by atoms with E-state index in [1.807, 2.05) is 10.3 Å². The summed E-state index contributed by atoms with van der Waals surface area (Å²) in [4.78, 5) is 33.0. The van der Waals surface area contributed by atoms with Crippen LogP contribution in [0, 0.1) is 0 Å². The maximum absolute atomic E-state index is 12.2. The zero-order chi connectivity index (χ0) is 16.6. The van der Waals surface area contributed by atoms with E-state index in [9.17, 15) is 9.59 Å². The minimum Gasteiger partial charge on any atom is -0.395 e. The summed E-state index contributed by atoms with van der Waals surface area (Å²) in [5.74, 6) is 0. The van der Waals surface area contributed by atoms with Gasteiger partial charge in [-0.05, 0) is 0 Å². The van der Waals surface area contributed by atoms with Gasteiger partial charge in [-0.2, -0.15) is 0 Å². The largest absolute Gasteiger partial charge is 0.395 e. The molecular weight excluding hydrogens is 322 g/mol. The lowest BCUT2D eigenvalue weighted by atomic mass is 10.4. The molecule has 3 rings (SSSR count). The number of imidazole rings is 1. The van der Waals surface area contributed by atoms with Gasteiger partial charge in [0.15, 0.2) is 16.1 Å². The highest BCUT2D eigenvalue weighted by molar-refractivity contribution is 7.15. The molecule has 3 N–H and O–H groups in total. The Morgan fingerprint density at radius 1 is 1.30 bits per heavy atom. The number of H-pyrrole nitrogens is 1. The lowest BCUT2D eigenvalue weighted by molar-refractivity contribution is 0.154. The molecule has 0 aliphatic heterocycles. The Balaban J connectivity index is 2.16. The summed E-state index contributed by atoms with van der Waals surface area (Å²) in [6, 6.07) is 0. The molecule has 0 bridgehead atoms. The molecule has 0 unspecified atom stereocenters. The van der Waals surface area contributed by atoms with Crippen LogP contribution in [-0.4, -0.2) is 60.4 Å².